The average Bonchev–Trinajstić information content (AvgIpc) is 2.58. The van der Waals surface area contributed by atoms with Crippen LogP contribution in [0.1, 0.15) is 45.7 Å². The summed E-state index contributed by atoms with van der Waals surface area (Å²) in [6, 6.07) is 12.7. The summed E-state index contributed by atoms with van der Waals surface area (Å²) in [5.41, 5.74) is 3.09. The van der Waals surface area contributed by atoms with E-state index in [4.69, 9.17) is 0 Å². The van der Waals surface area contributed by atoms with Crippen LogP contribution < -0.4 is 4.48 Å². The minimum Gasteiger partial charge on any atom is -0.293 e. The Bertz CT molecular complexity index is 773. The van der Waals surface area contributed by atoms with Crippen molar-refractivity contribution in [3.63, 3.8) is 0 Å². The molecule has 1 aliphatic carbocycles. The highest BCUT2D eigenvalue weighted by molar-refractivity contribution is 6.30. The van der Waals surface area contributed by atoms with Gasteiger partial charge >= 0.3 is 0 Å². The third kappa shape index (κ3) is 1.93. The van der Waals surface area contributed by atoms with Crippen molar-refractivity contribution in [2.24, 2.45) is 0 Å². The first-order valence-electron chi connectivity index (χ1n) is 7.70. The Balaban J connectivity index is 2.30. The zero-order valence-corrected chi connectivity index (χ0v) is 13.2. The molecule has 0 aromatic heterocycles. The molecular weight excluding hydrogens is 274 g/mol. The highest BCUT2D eigenvalue weighted by Crippen LogP contribution is 2.35. The van der Waals surface area contributed by atoms with Crippen molar-refractivity contribution in [2.45, 2.75) is 13.8 Å². The zero-order chi connectivity index (χ0) is 15.9. The molecule has 0 aliphatic heterocycles. The lowest BCUT2D eigenvalue weighted by molar-refractivity contribution is 0.0977. The lowest BCUT2D eigenvalue weighted by atomic mass is 9.82. The molecule has 22 heavy (non-hydrogen) atoms. The first-order valence-corrected chi connectivity index (χ1v) is 7.70. The summed E-state index contributed by atoms with van der Waals surface area (Å²) >= 11 is 0. The molecule has 3 rings (SSSR count). The van der Waals surface area contributed by atoms with E-state index in [-0.39, 0.29) is 11.6 Å². The maximum atomic E-state index is 13.0. The van der Waals surface area contributed by atoms with Crippen molar-refractivity contribution >= 4 is 17.3 Å². The van der Waals surface area contributed by atoms with Gasteiger partial charge < -0.3 is 0 Å². The van der Waals surface area contributed by atoms with Crippen molar-refractivity contribution in [1.82, 2.24) is 4.48 Å². The average molecular weight is 294 g/mol. The molecule has 0 unspecified atom stereocenters. The minimum absolute atomic E-state index is 0.0351. The molecule has 0 fully saturated rings. The van der Waals surface area contributed by atoms with Gasteiger partial charge in [-0.05, 0) is 26.0 Å². The van der Waals surface area contributed by atoms with Gasteiger partial charge in [0.1, 0.15) is 5.69 Å². The number of hydrogen-bond donors (Lipinski definition) is 0. The lowest BCUT2D eigenvalue weighted by Gasteiger charge is -2.34. The monoisotopic (exact) mass is 294 g/mol. The molecule has 0 atom stereocenters. The molecule has 3 nitrogen and oxygen atoms in total. The first kappa shape index (κ1) is 14.7. The Morgan fingerprint density at radius 3 is 1.91 bits per heavy atom. The SMILES string of the molecule is CC[N+](C)(CC)c1cccc2c1C(=O)c1ccccc1C2=O. The van der Waals surface area contributed by atoms with Crippen LogP contribution in [0.4, 0.5) is 5.69 Å². The number of hydrogen-bond acceptors (Lipinski definition) is 2. The molecule has 0 heterocycles. The van der Waals surface area contributed by atoms with Gasteiger partial charge in [0.15, 0.2) is 5.78 Å². The van der Waals surface area contributed by atoms with Gasteiger partial charge in [-0.2, -0.15) is 0 Å². The third-order valence-corrected chi connectivity index (χ3v) is 4.91. The summed E-state index contributed by atoms with van der Waals surface area (Å²) in [6.07, 6.45) is 0. The van der Waals surface area contributed by atoms with Crippen LogP contribution in [-0.4, -0.2) is 31.7 Å². The fourth-order valence-corrected chi connectivity index (χ4v) is 3.14. The molecule has 0 bridgehead atoms. The largest absolute Gasteiger partial charge is 0.293 e. The smallest absolute Gasteiger partial charge is 0.200 e. The second-order valence-corrected chi connectivity index (χ2v) is 5.93. The molecular formula is C19H20NO2+. The molecule has 0 spiro atoms. The van der Waals surface area contributed by atoms with Gasteiger partial charge in [-0.1, -0.05) is 30.3 Å². The van der Waals surface area contributed by atoms with Gasteiger partial charge in [0.2, 0.25) is 5.78 Å². The Kier molecular flexibility index (Phi) is 3.45. The van der Waals surface area contributed by atoms with Gasteiger partial charge in [-0.3, -0.25) is 14.1 Å². The molecule has 0 radical (unpaired) electrons. The van der Waals surface area contributed by atoms with Crippen molar-refractivity contribution in [3.05, 3.63) is 64.7 Å². The summed E-state index contributed by atoms with van der Waals surface area (Å²) in [6.45, 7) is 5.95. The summed E-state index contributed by atoms with van der Waals surface area (Å²) in [5.74, 6) is -0.0853. The molecule has 1 aliphatic rings. The number of ketones is 2. The van der Waals surface area contributed by atoms with Crippen LogP contribution in [0.5, 0.6) is 0 Å². The molecule has 0 N–H and O–H groups in total. The van der Waals surface area contributed by atoms with Gasteiger partial charge in [-0.25, -0.2) is 0 Å². The van der Waals surface area contributed by atoms with E-state index in [1.807, 2.05) is 18.2 Å². The molecule has 0 saturated carbocycles. The van der Waals surface area contributed by atoms with Gasteiger partial charge in [0.05, 0.1) is 25.7 Å². The highest BCUT2D eigenvalue weighted by Gasteiger charge is 2.36. The number of nitrogens with zero attached hydrogens (tertiary/aromatic N) is 1. The van der Waals surface area contributed by atoms with Crippen molar-refractivity contribution in [3.8, 4) is 0 Å². The second-order valence-electron chi connectivity index (χ2n) is 5.93. The number of quaternary nitrogens is 1. The van der Waals surface area contributed by atoms with E-state index < -0.39 is 0 Å². The van der Waals surface area contributed by atoms with Crippen LogP contribution in [0.25, 0.3) is 0 Å². The number of carbonyl (C=O) groups is 2. The zero-order valence-electron chi connectivity index (χ0n) is 13.2. The summed E-state index contributed by atoms with van der Waals surface area (Å²) in [7, 11) is 2.11. The molecule has 2 aromatic rings. The van der Waals surface area contributed by atoms with E-state index in [2.05, 4.69) is 20.9 Å². The van der Waals surface area contributed by atoms with Crippen LogP contribution in [-0.2, 0) is 0 Å². The maximum absolute atomic E-state index is 13.0. The predicted molar refractivity (Wildman–Crippen MR) is 88.5 cm³/mol. The first-order chi connectivity index (χ1) is 10.5. The van der Waals surface area contributed by atoms with Crippen molar-refractivity contribution < 1.29 is 9.59 Å². The fraction of sp³-hybridized carbons (Fsp3) is 0.263. The van der Waals surface area contributed by atoms with Crippen LogP contribution in [0.2, 0.25) is 0 Å². The quantitative estimate of drug-likeness (QED) is 0.693. The van der Waals surface area contributed by atoms with Gasteiger partial charge in [0.25, 0.3) is 0 Å². The van der Waals surface area contributed by atoms with E-state index >= 15 is 0 Å². The van der Waals surface area contributed by atoms with E-state index in [9.17, 15) is 9.59 Å². The molecule has 0 amide bonds. The van der Waals surface area contributed by atoms with Crippen LogP contribution in [0.3, 0.4) is 0 Å². The Morgan fingerprint density at radius 1 is 0.773 bits per heavy atom. The summed E-state index contributed by atoms with van der Waals surface area (Å²) < 4.78 is 0.643. The van der Waals surface area contributed by atoms with Gasteiger partial charge in [-0.15, -0.1) is 0 Å². The molecule has 0 saturated heterocycles. The molecule has 3 heteroatoms. The van der Waals surface area contributed by atoms with Gasteiger partial charge in [0, 0.05) is 16.7 Å². The van der Waals surface area contributed by atoms with Crippen LogP contribution >= 0.6 is 0 Å². The Hall–Kier alpha value is -2.26. The van der Waals surface area contributed by atoms with E-state index in [0.717, 1.165) is 18.8 Å². The number of benzene rings is 2. The fourth-order valence-electron chi connectivity index (χ4n) is 3.14. The van der Waals surface area contributed by atoms with Crippen molar-refractivity contribution in [2.75, 3.05) is 20.1 Å². The van der Waals surface area contributed by atoms with Crippen LogP contribution in [0, 0.1) is 0 Å². The minimum atomic E-state index is -0.0502. The number of fused-ring (bicyclic) bond motifs is 2. The predicted octanol–water partition coefficient (Wildman–Crippen LogP) is 3.44. The second kappa shape index (κ2) is 5.18. The standard InChI is InChI=1S/C19H20NO2/c1-4-20(3,5-2)16-12-8-11-15-17(16)19(22)14-10-7-6-9-13(14)18(15)21/h6-12H,4-5H2,1-3H3/q+1. The topological polar surface area (TPSA) is 34.1 Å². The lowest BCUT2D eigenvalue weighted by Crippen LogP contribution is -2.46. The Morgan fingerprint density at radius 2 is 1.32 bits per heavy atom. The maximum Gasteiger partial charge on any atom is 0.200 e. The van der Waals surface area contributed by atoms with E-state index in [0.29, 0.717) is 26.7 Å². The third-order valence-electron chi connectivity index (χ3n) is 4.91. The number of carbonyl (C=O) groups excluding carboxylic acids is 2. The molecule has 112 valence electrons. The summed E-state index contributed by atoms with van der Waals surface area (Å²) in [5, 5.41) is 0. The molecule has 2 aromatic carbocycles. The van der Waals surface area contributed by atoms with Crippen molar-refractivity contribution in [1.29, 1.82) is 0 Å². The Labute approximate surface area is 130 Å². The number of rotatable bonds is 3. The summed E-state index contributed by atoms with van der Waals surface area (Å²) in [4.78, 5) is 25.7. The normalized spacial score (nSPS) is 13.8. The highest BCUT2D eigenvalue weighted by atomic mass is 16.1. The van der Waals surface area contributed by atoms with E-state index in [1.54, 1.807) is 24.3 Å². The van der Waals surface area contributed by atoms with E-state index in [1.165, 1.54) is 0 Å². The van der Waals surface area contributed by atoms with Crippen LogP contribution in [0.15, 0.2) is 42.5 Å².